The summed E-state index contributed by atoms with van der Waals surface area (Å²) >= 11 is 0. The average Bonchev–Trinajstić information content (AvgIpc) is 2.29. The van der Waals surface area contributed by atoms with E-state index in [-0.39, 0.29) is 5.57 Å². The van der Waals surface area contributed by atoms with Crippen LogP contribution in [-0.4, -0.2) is 11.1 Å². The molecule has 2 rings (SSSR count). The van der Waals surface area contributed by atoms with Gasteiger partial charge in [0.05, 0.1) is 0 Å². The van der Waals surface area contributed by atoms with Gasteiger partial charge in [-0.1, -0.05) is 24.3 Å². The van der Waals surface area contributed by atoms with Crippen LogP contribution in [0.25, 0.3) is 16.8 Å². The summed E-state index contributed by atoms with van der Waals surface area (Å²) in [6, 6.07) is 11.6. The minimum atomic E-state index is -0.933. The molecule has 0 aliphatic heterocycles. The molecule has 0 radical (unpaired) electrons. The number of hydrogen-bond acceptors (Lipinski definition) is 2. The summed E-state index contributed by atoms with van der Waals surface area (Å²) in [7, 11) is 0. The van der Waals surface area contributed by atoms with E-state index in [0.29, 0.717) is 5.69 Å². The molecular weight excluding hydrogens is 214 g/mol. The Kier molecular flexibility index (Phi) is 2.83. The Morgan fingerprint density at radius 1 is 1.24 bits per heavy atom. The van der Waals surface area contributed by atoms with Crippen LogP contribution in [0, 0.1) is 0 Å². The van der Waals surface area contributed by atoms with Crippen molar-refractivity contribution in [2.45, 2.75) is 6.92 Å². The molecule has 0 saturated heterocycles. The van der Waals surface area contributed by atoms with Crippen LogP contribution in [-0.2, 0) is 4.79 Å². The molecule has 2 aromatic rings. The maximum atomic E-state index is 10.8. The van der Waals surface area contributed by atoms with Crippen LogP contribution in [0.2, 0.25) is 0 Å². The molecule has 0 bridgehead atoms. The van der Waals surface area contributed by atoms with Gasteiger partial charge >= 0.3 is 5.97 Å². The summed E-state index contributed by atoms with van der Waals surface area (Å²) in [6.07, 6.45) is 1.59. The van der Waals surface area contributed by atoms with E-state index in [9.17, 15) is 4.79 Å². The van der Waals surface area contributed by atoms with Crippen LogP contribution in [0.3, 0.4) is 0 Å². The van der Waals surface area contributed by atoms with Crippen molar-refractivity contribution >= 4 is 28.5 Å². The predicted molar refractivity (Wildman–Crippen MR) is 69.6 cm³/mol. The predicted octanol–water partition coefficient (Wildman–Crippen LogP) is 2.91. The van der Waals surface area contributed by atoms with E-state index in [4.69, 9.17) is 10.8 Å². The number of nitrogens with two attached hydrogens (primary N) is 1. The molecule has 0 aliphatic carbocycles. The standard InChI is InChI=1S/C14H13NO2/c1-9(14(16)17)6-12-7-10-4-2-3-5-11(10)8-13(12)15/h2-8H,15H2,1H3,(H,16,17). The van der Waals surface area contributed by atoms with E-state index in [1.54, 1.807) is 13.0 Å². The molecule has 0 aliphatic rings. The summed E-state index contributed by atoms with van der Waals surface area (Å²) in [5.74, 6) is -0.933. The van der Waals surface area contributed by atoms with E-state index in [1.807, 2.05) is 36.4 Å². The number of fused-ring (bicyclic) bond motifs is 1. The number of carboxylic acids is 1. The van der Waals surface area contributed by atoms with Crippen LogP contribution in [0.5, 0.6) is 0 Å². The second-order valence-electron chi connectivity index (χ2n) is 3.96. The van der Waals surface area contributed by atoms with Gasteiger partial charge in [-0.3, -0.25) is 0 Å². The zero-order valence-corrected chi connectivity index (χ0v) is 9.47. The first-order valence-electron chi connectivity index (χ1n) is 5.28. The zero-order chi connectivity index (χ0) is 12.4. The van der Waals surface area contributed by atoms with Gasteiger partial charge in [-0.25, -0.2) is 4.79 Å². The summed E-state index contributed by atoms with van der Waals surface area (Å²) in [5, 5.41) is 10.9. The van der Waals surface area contributed by atoms with Crippen LogP contribution in [0.1, 0.15) is 12.5 Å². The Hall–Kier alpha value is -2.29. The lowest BCUT2D eigenvalue weighted by Gasteiger charge is -2.05. The Morgan fingerprint density at radius 3 is 2.41 bits per heavy atom. The highest BCUT2D eigenvalue weighted by molar-refractivity contribution is 5.95. The Morgan fingerprint density at radius 2 is 1.82 bits per heavy atom. The smallest absolute Gasteiger partial charge is 0.331 e. The highest BCUT2D eigenvalue weighted by atomic mass is 16.4. The molecule has 2 aromatic carbocycles. The molecule has 0 heterocycles. The third kappa shape index (κ3) is 2.28. The Labute approximate surface area is 99.2 Å². The lowest BCUT2D eigenvalue weighted by Crippen LogP contribution is -1.97. The van der Waals surface area contributed by atoms with Crippen LogP contribution < -0.4 is 5.73 Å². The van der Waals surface area contributed by atoms with Gasteiger partial charge < -0.3 is 10.8 Å². The van der Waals surface area contributed by atoms with Gasteiger partial charge in [0.25, 0.3) is 0 Å². The third-order valence-electron chi connectivity index (χ3n) is 2.66. The Balaban J connectivity index is 2.59. The molecule has 0 atom stereocenters. The van der Waals surface area contributed by atoms with Crippen molar-refractivity contribution in [1.82, 2.24) is 0 Å². The number of carbonyl (C=O) groups is 1. The zero-order valence-electron chi connectivity index (χ0n) is 9.47. The molecule has 0 amide bonds. The lowest BCUT2D eigenvalue weighted by atomic mass is 10.0. The number of anilines is 1. The van der Waals surface area contributed by atoms with E-state index < -0.39 is 5.97 Å². The first-order valence-corrected chi connectivity index (χ1v) is 5.28. The summed E-state index contributed by atoms with van der Waals surface area (Å²) < 4.78 is 0. The highest BCUT2D eigenvalue weighted by Crippen LogP contribution is 2.23. The van der Waals surface area contributed by atoms with Crippen LogP contribution >= 0.6 is 0 Å². The van der Waals surface area contributed by atoms with Crippen molar-refractivity contribution in [1.29, 1.82) is 0 Å². The van der Waals surface area contributed by atoms with Crippen molar-refractivity contribution in [3.8, 4) is 0 Å². The summed E-state index contributed by atoms with van der Waals surface area (Å²) in [5.41, 5.74) is 7.49. The number of benzene rings is 2. The summed E-state index contributed by atoms with van der Waals surface area (Å²) in [6.45, 7) is 1.55. The number of rotatable bonds is 2. The minimum absolute atomic E-state index is 0.270. The van der Waals surface area contributed by atoms with E-state index in [0.717, 1.165) is 16.3 Å². The monoisotopic (exact) mass is 227 g/mol. The van der Waals surface area contributed by atoms with Gasteiger partial charge in [-0.15, -0.1) is 0 Å². The van der Waals surface area contributed by atoms with Crippen LogP contribution in [0.4, 0.5) is 5.69 Å². The van der Waals surface area contributed by atoms with E-state index >= 15 is 0 Å². The highest BCUT2D eigenvalue weighted by Gasteiger charge is 2.04. The van der Waals surface area contributed by atoms with Gasteiger partial charge in [-0.2, -0.15) is 0 Å². The number of nitrogen functional groups attached to an aromatic ring is 1. The fourth-order valence-corrected chi connectivity index (χ4v) is 1.70. The molecule has 17 heavy (non-hydrogen) atoms. The molecule has 0 aromatic heterocycles. The summed E-state index contributed by atoms with van der Waals surface area (Å²) in [4.78, 5) is 10.8. The molecule has 86 valence electrons. The second kappa shape index (κ2) is 4.29. The van der Waals surface area contributed by atoms with Crippen molar-refractivity contribution < 1.29 is 9.90 Å². The van der Waals surface area contributed by atoms with Crippen LogP contribution in [0.15, 0.2) is 42.0 Å². The second-order valence-corrected chi connectivity index (χ2v) is 3.96. The Bertz CT molecular complexity index is 615. The van der Waals surface area contributed by atoms with Gasteiger partial charge in [0.2, 0.25) is 0 Å². The fourth-order valence-electron chi connectivity index (χ4n) is 1.70. The molecule has 3 nitrogen and oxygen atoms in total. The normalized spacial score (nSPS) is 11.7. The molecule has 0 fully saturated rings. The molecule has 0 spiro atoms. The fraction of sp³-hybridized carbons (Fsp3) is 0.0714. The molecule has 0 unspecified atom stereocenters. The maximum Gasteiger partial charge on any atom is 0.331 e. The van der Waals surface area contributed by atoms with Gasteiger partial charge in [-0.05, 0) is 41.5 Å². The number of carboxylic acid groups (broad SMARTS) is 1. The molecule has 0 saturated carbocycles. The lowest BCUT2D eigenvalue weighted by molar-refractivity contribution is -0.132. The van der Waals surface area contributed by atoms with Gasteiger partial charge in [0.15, 0.2) is 0 Å². The van der Waals surface area contributed by atoms with Gasteiger partial charge in [0.1, 0.15) is 0 Å². The van der Waals surface area contributed by atoms with Gasteiger partial charge in [0, 0.05) is 11.3 Å². The quantitative estimate of drug-likeness (QED) is 0.612. The maximum absolute atomic E-state index is 10.8. The number of aliphatic carboxylic acids is 1. The molecule has 3 N–H and O–H groups in total. The van der Waals surface area contributed by atoms with Crippen molar-refractivity contribution in [3.05, 3.63) is 47.5 Å². The SMILES string of the molecule is CC(=Cc1cc2ccccc2cc1N)C(=O)O. The largest absolute Gasteiger partial charge is 0.478 e. The topological polar surface area (TPSA) is 63.3 Å². The molecular formula is C14H13NO2. The van der Waals surface area contributed by atoms with Crippen molar-refractivity contribution in [3.63, 3.8) is 0 Å². The average molecular weight is 227 g/mol. The minimum Gasteiger partial charge on any atom is -0.478 e. The van der Waals surface area contributed by atoms with Crippen molar-refractivity contribution in [2.24, 2.45) is 0 Å². The van der Waals surface area contributed by atoms with E-state index in [1.165, 1.54) is 0 Å². The van der Waals surface area contributed by atoms with E-state index in [2.05, 4.69) is 0 Å². The number of hydrogen-bond donors (Lipinski definition) is 2. The first-order chi connectivity index (χ1) is 8.08. The third-order valence-corrected chi connectivity index (χ3v) is 2.66. The molecule has 3 heteroatoms. The first kappa shape index (κ1) is 11.2. The van der Waals surface area contributed by atoms with Crippen molar-refractivity contribution in [2.75, 3.05) is 5.73 Å².